The number of benzene rings is 2. The second kappa shape index (κ2) is 12.4. The molecule has 1 aliphatic rings. The fraction of sp³-hybridized carbons (Fsp3) is 0.429. The number of ether oxygens (including phenoxy) is 1. The predicted molar refractivity (Wildman–Crippen MR) is 155 cm³/mol. The maximum Gasteiger partial charge on any atom is 0.267 e. The van der Waals surface area contributed by atoms with Crippen LogP contribution in [0.5, 0.6) is 5.75 Å². The summed E-state index contributed by atoms with van der Waals surface area (Å²) in [5, 5.41) is 13.6. The molecule has 228 valence electrons. The number of carbonyl (C=O) groups is 1. The van der Waals surface area contributed by atoms with Crippen molar-refractivity contribution >= 4 is 31.6 Å². The number of aliphatic hydroxyl groups excluding tert-OH is 1. The van der Waals surface area contributed by atoms with Gasteiger partial charge >= 0.3 is 0 Å². The molecule has 12 nitrogen and oxygen atoms in total. The molecule has 3 atom stereocenters. The van der Waals surface area contributed by atoms with Crippen LogP contribution >= 0.6 is 0 Å². The van der Waals surface area contributed by atoms with Gasteiger partial charge in [-0.05, 0) is 51.1 Å². The Bertz CT molecular complexity index is 1620. The van der Waals surface area contributed by atoms with E-state index in [2.05, 4.69) is 9.88 Å². The van der Waals surface area contributed by atoms with E-state index >= 15 is 0 Å². The zero-order valence-corrected chi connectivity index (χ0v) is 25.8. The summed E-state index contributed by atoms with van der Waals surface area (Å²) in [6, 6.07) is 12.1. The highest BCUT2D eigenvalue weighted by atomic mass is 32.2. The van der Waals surface area contributed by atoms with Crippen molar-refractivity contribution < 1.29 is 36.0 Å². The number of amides is 1. The van der Waals surface area contributed by atoms with Crippen LogP contribution in [-0.2, 0) is 31.3 Å². The van der Waals surface area contributed by atoms with E-state index < -0.39 is 32.2 Å². The van der Waals surface area contributed by atoms with Crippen LogP contribution in [-0.4, -0.2) is 81.1 Å². The van der Waals surface area contributed by atoms with Crippen LogP contribution in [0.15, 0.2) is 62.8 Å². The first-order chi connectivity index (χ1) is 19.7. The quantitative estimate of drug-likeness (QED) is 0.367. The van der Waals surface area contributed by atoms with Crippen molar-refractivity contribution in [2.75, 3.05) is 31.5 Å². The summed E-state index contributed by atoms with van der Waals surface area (Å²) in [5.41, 5.74) is 0.808. The molecule has 2 aromatic carbocycles. The van der Waals surface area contributed by atoms with E-state index in [1.807, 2.05) is 6.92 Å². The average Bonchev–Trinajstić information content (AvgIpc) is 3.31. The van der Waals surface area contributed by atoms with Gasteiger partial charge in [0.2, 0.25) is 15.9 Å². The molecule has 1 aliphatic heterocycles. The van der Waals surface area contributed by atoms with E-state index in [0.717, 1.165) is 0 Å². The molecule has 2 N–H and O–H groups in total. The lowest BCUT2D eigenvalue weighted by Gasteiger charge is -2.33. The summed E-state index contributed by atoms with van der Waals surface area (Å²) < 4.78 is 67.9. The molecule has 0 radical (unpaired) electrons. The maximum absolute atomic E-state index is 13.5. The number of anilines is 1. The normalized spacial score (nSPS) is 18.9. The molecular weight excluding hydrogens is 584 g/mol. The molecule has 1 amide bonds. The minimum Gasteiger partial charge on any atom is -0.488 e. The minimum absolute atomic E-state index is 0.0200. The molecule has 4 rings (SSSR count). The van der Waals surface area contributed by atoms with Crippen LogP contribution in [0.4, 0.5) is 5.69 Å². The molecule has 0 saturated heterocycles. The summed E-state index contributed by atoms with van der Waals surface area (Å²) in [7, 11) is -6.41. The molecule has 0 fully saturated rings. The highest BCUT2D eigenvalue weighted by Gasteiger charge is 2.34. The maximum atomic E-state index is 13.5. The number of hydrogen-bond donors (Lipinski definition) is 2. The number of fused-ring (bicyclic) bond motifs is 1. The Balaban J connectivity index is 1.70. The van der Waals surface area contributed by atoms with E-state index in [-0.39, 0.29) is 64.9 Å². The highest BCUT2D eigenvalue weighted by Crippen LogP contribution is 2.31. The second-order valence-electron chi connectivity index (χ2n) is 10.6. The van der Waals surface area contributed by atoms with Crippen LogP contribution in [0, 0.1) is 19.8 Å². The van der Waals surface area contributed by atoms with Crippen molar-refractivity contribution in [2.45, 2.75) is 56.1 Å². The van der Waals surface area contributed by atoms with Crippen LogP contribution in [0.2, 0.25) is 0 Å². The SMILES string of the molecule is Cc1noc(C)c1S(=O)(=O)Nc1ccc2c(c1)CC(=O)N([C@@H](C)CO)C[C@@H](C)[C@@H](CN(C)S(=O)(=O)c1ccccc1)O2. The monoisotopic (exact) mass is 620 g/mol. The molecule has 0 aliphatic carbocycles. The molecule has 1 aromatic heterocycles. The van der Waals surface area contributed by atoms with Crippen molar-refractivity contribution in [1.82, 2.24) is 14.4 Å². The van der Waals surface area contributed by atoms with Crippen molar-refractivity contribution in [2.24, 2.45) is 5.92 Å². The topological polar surface area (TPSA) is 159 Å². The van der Waals surface area contributed by atoms with Gasteiger partial charge in [0.25, 0.3) is 10.0 Å². The zero-order chi connectivity index (χ0) is 30.8. The number of rotatable bonds is 9. The van der Waals surface area contributed by atoms with E-state index in [0.29, 0.717) is 11.3 Å². The lowest BCUT2D eigenvalue weighted by atomic mass is 10.0. The third-order valence-corrected chi connectivity index (χ3v) is 10.8. The Kier molecular flexibility index (Phi) is 9.30. The van der Waals surface area contributed by atoms with Gasteiger partial charge in [-0.15, -0.1) is 0 Å². The summed E-state index contributed by atoms with van der Waals surface area (Å²) in [5.74, 6) is -0.157. The standard InChI is InChI=1S/C28H36N4O8S2/c1-18-15-32(19(2)17-33)27(34)14-22-13-23(30-41(35,36)28-20(3)29-40-21(28)4)11-12-25(22)39-26(18)16-31(5)42(37,38)24-9-7-6-8-10-24/h6-13,18-19,26,30,33H,14-17H2,1-5H3/t18-,19+,26-/m1/s1. The van der Waals surface area contributed by atoms with Gasteiger partial charge in [-0.25, -0.2) is 16.8 Å². The minimum atomic E-state index is -4.05. The third-order valence-electron chi connectivity index (χ3n) is 7.29. The molecule has 42 heavy (non-hydrogen) atoms. The van der Waals surface area contributed by atoms with Gasteiger partial charge in [0.15, 0.2) is 10.7 Å². The van der Waals surface area contributed by atoms with E-state index in [4.69, 9.17) is 9.26 Å². The Labute approximate surface area is 246 Å². The van der Waals surface area contributed by atoms with Crippen LogP contribution in [0.3, 0.4) is 0 Å². The number of sulfonamides is 2. The van der Waals surface area contributed by atoms with Gasteiger partial charge in [-0.1, -0.05) is 30.3 Å². The second-order valence-corrected chi connectivity index (χ2v) is 14.2. The van der Waals surface area contributed by atoms with E-state index in [1.165, 1.54) is 49.5 Å². The van der Waals surface area contributed by atoms with Gasteiger partial charge in [0, 0.05) is 30.8 Å². The first-order valence-electron chi connectivity index (χ1n) is 13.4. The average molecular weight is 621 g/mol. The first-order valence-corrected chi connectivity index (χ1v) is 16.3. The Morgan fingerprint density at radius 3 is 2.45 bits per heavy atom. The number of hydrogen-bond acceptors (Lipinski definition) is 9. The van der Waals surface area contributed by atoms with Gasteiger partial charge < -0.3 is 19.3 Å². The molecule has 0 saturated carbocycles. The lowest BCUT2D eigenvalue weighted by molar-refractivity contribution is -0.134. The predicted octanol–water partition coefficient (Wildman–Crippen LogP) is 2.56. The molecular formula is C28H36N4O8S2. The van der Waals surface area contributed by atoms with Gasteiger partial charge in [0.05, 0.1) is 30.5 Å². The van der Waals surface area contributed by atoms with E-state index in [1.54, 1.807) is 36.1 Å². The number of nitrogens with zero attached hydrogens (tertiary/aromatic N) is 3. The number of carbonyl (C=O) groups excluding carboxylic acids is 1. The molecule has 0 bridgehead atoms. The largest absolute Gasteiger partial charge is 0.488 e. The van der Waals surface area contributed by atoms with Crippen molar-refractivity contribution in [3.8, 4) is 5.75 Å². The third kappa shape index (κ3) is 6.61. The Morgan fingerprint density at radius 2 is 1.83 bits per heavy atom. The summed E-state index contributed by atoms with van der Waals surface area (Å²) in [4.78, 5) is 15.1. The van der Waals surface area contributed by atoms with Crippen LogP contribution < -0.4 is 9.46 Å². The van der Waals surface area contributed by atoms with Crippen molar-refractivity contribution in [1.29, 1.82) is 0 Å². The van der Waals surface area contributed by atoms with Crippen LogP contribution in [0.1, 0.15) is 30.9 Å². The van der Waals surface area contributed by atoms with E-state index in [9.17, 15) is 26.7 Å². The lowest BCUT2D eigenvalue weighted by Crippen LogP contribution is -2.48. The molecule has 3 aromatic rings. The number of aromatic nitrogens is 1. The fourth-order valence-electron chi connectivity index (χ4n) is 4.90. The molecule has 0 spiro atoms. The number of aryl methyl sites for hydroxylation is 2. The zero-order valence-electron chi connectivity index (χ0n) is 24.1. The fourth-order valence-corrected chi connectivity index (χ4v) is 7.48. The number of nitrogens with one attached hydrogen (secondary N) is 1. The molecule has 14 heteroatoms. The number of likely N-dealkylation sites (N-methyl/N-ethyl adjacent to an activating group) is 1. The van der Waals surface area contributed by atoms with Crippen molar-refractivity contribution in [3.05, 3.63) is 65.5 Å². The number of aliphatic hydroxyl groups is 1. The van der Waals surface area contributed by atoms with Gasteiger partial charge in [-0.2, -0.15) is 4.31 Å². The molecule has 0 unspecified atom stereocenters. The first kappa shape index (κ1) is 31.5. The van der Waals surface area contributed by atoms with Gasteiger partial charge in [0.1, 0.15) is 17.5 Å². The Hall–Kier alpha value is -3.46. The molecule has 2 heterocycles. The van der Waals surface area contributed by atoms with Gasteiger partial charge in [-0.3, -0.25) is 9.52 Å². The Morgan fingerprint density at radius 1 is 1.14 bits per heavy atom. The van der Waals surface area contributed by atoms with Crippen LogP contribution in [0.25, 0.3) is 0 Å². The van der Waals surface area contributed by atoms with Crippen molar-refractivity contribution in [3.63, 3.8) is 0 Å². The summed E-state index contributed by atoms with van der Waals surface area (Å²) in [6.07, 6.45) is -0.811. The summed E-state index contributed by atoms with van der Waals surface area (Å²) in [6.45, 7) is 6.52. The smallest absolute Gasteiger partial charge is 0.267 e. The summed E-state index contributed by atoms with van der Waals surface area (Å²) >= 11 is 0. The highest BCUT2D eigenvalue weighted by molar-refractivity contribution is 7.92.